The van der Waals surface area contributed by atoms with Gasteiger partial charge >= 0.3 is 0 Å². The van der Waals surface area contributed by atoms with Gasteiger partial charge in [-0.15, -0.1) is 0 Å². The molecular formula is C17H16FNO2S. The summed E-state index contributed by atoms with van der Waals surface area (Å²) in [5.41, 5.74) is 3.33. The zero-order valence-electron chi connectivity index (χ0n) is 12.3. The normalized spacial score (nSPS) is 17.2. The fourth-order valence-corrected chi connectivity index (χ4v) is 3.86. The van der Waals surface area contributed by atoms with Gasteiger partial charge < -0.3 is 0 Å². The van der Waals surface area contributed by atoms with E-state index in [4.69, 9.17) is 0 Å². The Labute approximate surface area is 129 Å². The van der Waals surface area contributed by atoms with E-state index in [-0.39, 0.29) is 10.7 Å². The topological polar surface area (TPSA) is 46.2 Å². The van der Waals surface area contributed by atoms with Crippen LogP contribution >= 0.6 is 0 Å². The highest BCUT2D eigenvalue weighted by Gasteiger charge is 2.27. The van der Waals surface area contributed by atoms with E-state index in [9.17, 15) is 12.8 Å². The molecule has 1 N–H and O–H groups in total. The Morgan fingerprint density at radius 2 is 1.73 bits per heavy atom. The number of aryl methyl sites for hydroxylation is 1. The molecule has 0 saturated carbocycles. The lowest BCUT2D eigenvalue weighted by Gasteiger charge is -2.17. The van der Waals surface area contributed by atoms with Gasteiger partial charge in [0.1, 0.15) is 5.82 Å². The summed E-state index contributed by atoms with van der Waals surface area (Å²) in [7, 11) is -3.63. The molecule has 3 nitrogen and oxygen atoms in total. The summed E-state index contributed by atoms with van der Waals surface area (Å²) in [6.07, 6.45) is 1.81. The molecule has 0 fully saturated rings. The molecule has 0 heterocycles. The average Bonchev–Trinajstić information content (AvgIpc) is 2.74. The third kappa shape index (κ3) is 2.69. The maximum absolute atomic E-state index is 13.3. The van der Waals surface area contributed by atoms with Crippen molar-refractivity contribution >= 4 is 16.1 Å². The Hall–Kier alpha value is -1.98. The van der Waals surface area contributed by atoms with Crippen LogP contribution in [0.25, 0.3) is 6.08 Å². The summed E-state index contributed by atoms with van der Waals surface area (Å²) in [6.45, 7) is 3.73. The van der Waals surface area contributed by atoms with Crippen molar-refractivity contribution in [3.63, 3.8) is 0 Å². The van der Waals surface area contributed by atoms with Crippen LogP contribution in [0.3, 0.4) is 0 Å². The molecule has 5 heteroatoms. The zero-order valence-corrected chi connectivity index (χ0v) is 13.1. The second kappa shape index (κ2) is 5.34. The van der Waals surface area contributed by atoms with E-state index in [1.807, 2.05) is 13.8 Å². The molecular weight excluding hydrogens is 301 g/mol. The second-order valence-corrected chi connectivity index (χ2v) is 7.24. The molecule has 0 bridgehead atoms. The number of hydrogen-bond donors (Lipinski definition) is 1. The van der Waals surface area contributed by atoms with E-state index in [0.717, 1.165) is 16.7 Å². The second-order valence-electron chi connectivity index (χ2n) is 5.53. The van der Waals surface area contributed by atoms with E-state index in [0.29, 0.717) is 5.56 Å². The van der Waals surface area contributed by atoms with Gasteiger partial charge in [-0.05, 0) is 49.2 Å². The summed E-state index contributed by atoms with van der Waals surface area (Å²) < 4.78 is 41.0. The van der Waals surface area contributed by atoms with Crippen LogP contribution in [0.1, 0.15) is 29.7 Å². The zero-order chi connectivity index (χ0) is 15.9. The Bertz CT molecular complexity index is 855. The van der Waals surface area contributed by atoms with Gasteiger partial charge in [0.05, 0.1) is 10.9 Å². The van der Waals surface area contributed by atoms with Crippen LogP contribution in [-0.2, 0) is 10.0 Å². The van der Waals surface area contributed by atoms with Crippen LogP contribution in [0, 0.1) is 12.7 Å². The fourth-order valence-electron chi connectivity index (χ4n) is 2.60. The van der Waals surface area contributed by atoms with Crippen molar-refractivity contribution in [3.8, 4) is 0 Å². The SMILES string of the molecule is CC1=Cc2cc(F)ccc2[C@H]1NS(=O)(=O)c1ccc(C)cc1. The molecule has 1 aliphatic carbocycles. The first kappa shape index (κ1) is 14.9. The Morgan fingerprint density at radius 1 is 1.05 bits per heavy atom. The summed E-state index contributed by atoms with van der Waals surface area (Å²) in [6, 6.07) is 10.6. The molecule has 114 valence electrons. The van der Waals surface area contributed by atoms with Gasteiger partial charge in [0, 0.05) is 0 Å². The van der Waals surface area contributed by atoms with E-state index in [2.05, 4.69) is 4.72 Å². The molecule has 2 aromatic carbocycles. The highest BCUT2D eigenvalue weighted by Crippen LogP contribution is 2.35. The predicted molar refractivity (Wildman–Crippen MR) is 84.3 cm³/mol. The van der Waals surface area contributed by atoms with Crippen molar-refractivity contribution in [2.24, 2.45) is 0 Å². The summed E-state index contributed by atoms with van der Waals surface area (Å²) in [5, 5.41) is 0. The lowest BCUT2D eigenvalue weighted by atomic mass is 10.1. The number of sulfonamides is 1. The Morgan fingerprint density at radius 3 is 2.41 bits per heavy atom. The molecule has 0 radical (unpaired) electrons. The molecule has 0 aromatic heterocycles. The van der Waals surface area contributed by atoms with Crippen LogP contribution in [0.15, 0.2) is 52.9 Å². The lowest BCUT2D eigenvalue weighted by Crippen LogP contribution is -2.28. The van der Waals surface area contributed by atoms with Gasteiger partial charge in [-0.2, -0.15) is 4.72 Å². The monoisotopic (exact) mass is 317 g/mol. The van der Waals surface area contributed by atoms with Gasteiger partial charge in [-0.3, -0.25) is 0 Å². The van der Waals surface area contributed by atoms with Crippen LogP contribution in [0.5, 0.6) is 0 Å². The summed E-state index contributed by atoms with van der Waals surface area (Å²) in [5.74, 6) is -0.329. The molecule has 0 unspecified atom stereocenters. The molecule has 1 aliphatic rings. The standard InChI is InChI=1S/C17H16FNO2S/c1-11-3-6-15(7-4-11)22(20,21)19-17-12(2)9-13-10-14(18)5-8-16(13)17/h3-10,17,19H,1-2H3/t17-/m0/s1. The number of rotatable bonds is 3. The quantitative estimate of drug-likeness (QED) is 0.940. The minimum absolute atomic E-state index is 0.224. The lowest BCUT2D eigenvalue weighted by molar-refractivity contribution is 0.571. The van der Waals surface area contributed by atoms with Gasteiger partial charge in [0.15, 0.2) is 0 Å². The maximum atomic E-state index is 13.3. The number of hydrogen-bond acceptors (Lipinski definition) is 2. The number of halogens is 1. The van der Waals surface area contributed by atoms with Crippen LogP contribution in [0.4, 0.5) is 4.39 Å². The Balaban J connectivity index is 1.94. The molecule has 22 heavy (non-hydrogen) atoms. The first-order valence-electron chi connectivity index (χ1n) is 6.93. The minimum atomic E-state index is -3.63. The van der Waals surface area contributed by atoms with Gasteiger partial charge in [-0.25, -0.2) is 12.8 Å². The third-order valence-corrected chi connectivity index (χ3v) is 5.24. The summed E-state index contributed by atoms with van der Waals surface area (Å²) in [4.78, 5) is 0.224. The highest BCUT2D eigenvalue weighted by atomic mass is 32.2. The smallest absolute Gasteiger partial charge is 0.207 e. The molecule has 0 amide bonds. The Kier molecular flexibility index (Phi) is 3.62. The first-order chi connectivity index (χ1) is 10.4. The van der Waals surface area contributed by atoms with E-state index in [1.54, 1.807) is 36.4 Å². The molecule has 3 rings (SSSR count). The minimum Gasteiger partial charge on any atom is -0.207 e. The number of fused-ring (bicyclic) bond motifs is 1. The van der Waals surface area contributed by atoms with Crippen LogP contribution < -0.4 is 4.72 Å². The van der Waals surface area contributed by atoms with Crippen LogP contribution in [0.2, 0.25) is 0 Å². The number of benzene rings is 2. The first-order valence-corrected chi connectivity index (χ1v) is 8.42. The molecule has 0 aliphatic heterocycles. The maximum Gasteiger partial charge on any atom is 0.241 e. The molecule has 0 spiro atoms. The average molecular weight is 317 g/mol. The van der Waals surface area contributed by atoms with Gasteiger partial charge in [0.25, 0.3) is 0 Å². The van der Waals surface area contributed by atoms with E-state index in [1.165, 1.54) is 12.1 Å². The highest BCUT2D eigenvalue weighted by molar-refractivity contribution is 7.89. The summed E-state index contributed by atoms with van der Waals surface area (Å²) >= 11 is 0. The fraction of sp³-hybridized carbons (Fsp3) is 0.176. The third-order valence-electron chi connectivity index (χ3n) is 3.80. The predicted octanol–water partition coefficient (Wildman–Crippen LogP) is 3.57. The van der Waals surface area contributed by atoms with Crippen LogP contribution in [-0.4, -0.2) is 8.42 Å². The molecule has 2 aromatic rings. The van der Waals surface area contributed by atoms with Crippen molar-refractivity contribution in [1.82, 2.24) is 4.72 Å². The molecule has 0 saturated heterocycles. The van der Waals surface area contributed by atoms with Crippen molar-refractivity contribution in [3.05, 3.63) is 70.5 Å². The van der Waals surface area contributed by atoms with Crippen molar-refractivity contribution in [2.75, 3.05) is 0 Å². The van der Waals surface area contributed by atoms with E-state index < -0.39 is 16.1 Å². The van der Waals surface area contributed by atoms with Gasteiger partial charge in [0.2, 0.25) is 10.0 Å². The number of nitrogens with one attached hydrogen (secondary N) is 1. The van der Waals surface area contributed by atoms with Crippen molar-refractivity contribution in [1.29, 1.82) is 0 Å². The van der Waals surface area contributed by atoms with Crippen molar-refractivity contribution in [2.45, 2.75) is 24.8 Å². The largest absolute Gasteiger partial charge is 0.241 e. The van der Waals surface area contributed by atoms with Gasteiger partial charge in [-0.1, -0.05) is 35.4 Å². The van der Waals surface area contributed by atoms with Crippen molar-refractivity contribution < 1.29 is 12.8 Å². The molecule has 1 atom stereocenters. The van der Waals surface area contributed by atoms with E-state index >= 15 is 0 Å².